The molecule has 47 heavy (non-hydrogen) atoms. The maximum absolute atomic E-state index is 14.6. The van der Waals surface area contributed by atoms with Crippen LogP contribution in [0.1, 0.15) is 43.4 Å². The first-order valence-corrected chi connectivity index (χ1v) is 17.1. The van der Waals surface area contributed by atoms with Crippen molar-refractivity contribution in [1.82, 2.24) is 19.6 Å². The molecule has 4 fully saturated rings. The van der Waals surface area contributed by atoms with Crippen molar-refractivity contribution in [3.05, 3.63) is 65.7 Å². The normalized spacial score (nSPS) is 24.7. The molecule has 1 N–H and O–H groups in total. The molecule has 0 bridgehead atoms. The van der Waals surface area contributed by atoms with Crippen LogP contribution >= 0.6 is 0 Å². The second-order valence-electron chi connectivity index (χ2n) is 13.7. The first-order valence-electron chi connectivity index (χ1n) is 17.1. The number of ether oxygens (including phenoxy) is 2. The quantitative estimate of drug-likeness (QED) is 0.238. The third kappa shape index (κ3) is 5.60. The summed E-state index contributed by atoms with van der Waals surface area (Å²) in [4.78, 5) is 39.2. The SMILES string of the molecule is CCCCOc1ccc(CN2C[C@@H]3C[C@@H](c4ccc(N(C)C)c5ccccc45)N4C(=O)N(CCN5CCOCC5)C(=O)C34C2)cc1O. The Balaban J connectivity index is 1.19. The maximum atomic E-state index is 14.6. The number of benzene rings is 3. The van der Waals surface area contributed by atoms with Crippen LogP contribution in [0.2, 0.25) is 0 Å². The first-order chi connectivity index (χ1) is 22.8. The largest absolute Gasteiger partial charge is 0.504 e. The minimum atomic E-state index is -0.917. The molecule has 7 rings (SSSR count). The summed E-state index contributed by atoms with van der Waals surface area (Å²) in [5, 5.41) is 13.0. The van der Waals surface area contributed by atoms with Crippen molar-refractivity contribution in [3.8, 4) is 11.5 Å². The van der Waals surface area contributed by atoms with Crippen molar-refractivity contribution in [3.63, 3.8) is 0 Å². The molecule has 3 aromatic carbocycles. The number of anilines is 1. The first kappa shape index (κ1) is 31.7. The van der Waals surface area contributed by atoms with Crippen molar-refractivity contribution in [2.75, 3.05) is 78.1 Å². The molecule has 4 aliphatic heterocycles. The number of phenolic OH excluding ortho intramolecular Hbond substituents is 1. The van der Waals surface area contributed by atoms with Crippen molar-refractivity contribution < 1.29 is 24.2 Å². The van der Waals surface area contributed by atoms with E-state index in [1.165, 1.54) is 4.90 Å². The van der Waals surface area contributed by atoms with Gasteiger partial charge in [0.1, 0.15) is 5.54 Å². The van der Waals surface area contributed by atoms with E-state index in [1.807, 2.05) is 31.1 Å². The highest BCUT2D eigenvalue weighted by atomic mass is 16.5. The summed E-state index contributed by atoms with van der Waals surface area (Å²) in [5.74, 6) is 0.553. The summed E-state index contributed by atoms with van der Waals surface area (Å²) in [6, 6.07) is 17.9. The zero-order valence-electron chi connectivity index (χ0n) is 27.9. The van der Waals surface area contributed by atoms with E-state index in [1.54, 1.807) is 6.07 Å². The number of fused-ring (bicyclic) bond motifs is 1. The molecule has 0 saturated carbocycles. The van der Waals surface area contributed by atoms with Crippen LogP contribution in [-0.2, 0) is 16.1 Å². The highest BCUT2D eigenvalue weighted by Crippen LogP contribution is 2.56. The lowest BCUT2D eigenvalue weighted by Crippen LogP contribution is -2.51. The summed E-state index contributed by atoms with van der Waals surface area (Å²) in [5.41, 5.74) is 2.27. The highest BCUT2D eigenvalue weighted by molar-refractivity contribution is 6.09. The van der Waals surface area contributed by atoms with E-state index < -0.39 is 5.54 Å². The Kier molecular flexibility index (Phi) is 8.76. The van der Waals surface area contributed by atoms with E-state index in [2.05, 4.69) is 58.0 Å². The van der Waals surface area contributed by atoms with Crippen LogP contribution in [0.5, 0.6) is 11.5 Å². The monoisotopic (exact) mass is 641 g/mol. The van der Waals surface area contributed by atoms with Crippen LogP contribution in [0.25, 0.3) is 10.8 Å². The molecule has 10 nitrogen and oxygen atoms in total. The second kappa shape index (κ2) is 13.0. The Morgan fingerprint density at radius 3 is 2.53 bits per heavy atom. The number of urea groups is 1. The minimum absolute atomic E-state index is 0.00475. The lowest BCUT2D eigenvalue weighted by atomic mass is 9.87. The average Bonchev–Trinajstić information content (AvgIpc) is 3.65. The molecule has 0 aromatic heterocycles. The van der Waals surface area contributed by atoms with Crippen LogP contribution in [-0.4, -0.2) is 115 Å². The van der Waals surface area contributed by atoms with E-state index in [-0.39, 0.29) is 29.6 Å². The van der Waals surface area contributed by atoms with E-state index >= 15 is 0 Å². The molecule has 3 amide bonds. The van der Waals surface area contributed by atoms with Gasteiger partial charge in [-0.1, -0.05) is 49.7 Å². The number of hydrogen-bond donors (Lipinski definition) is 1. The van der Waals surface area contributed by atoms with Crippen molar-refractivity contribution in [2.24, 2.45) is 5.92 Å². The van der Waals surface area contributed by atoms with Crippen molar-refractivity contribution in [1.29, 1.82) is 0 Å². The molecule has 3 atom stereocenters. The van der Waals surface area contributed by atoms with Gasteiger partial charge >= 0.3 is 6.03 Å². The molecule has 10 heteroatoms. The Morgan fingerprint density at radius 2 is 1.79 bits per heavy atom. The molecule has 250 valence electrons. The van der Waals surface area contributed by atoms with E-state index in [4.69, 9.17) is 9.47 Å². The topological polar surface area (TPSA) is 89.0 Å². The number of morpholine rings is 1. The Labute approximate surface area is 277 Å². The molecular weight excluding hydrogens is 594 g/mol. The lowest BCUT2D eigenvalue weighted by Gasteiger charge is -2.32. The number of aromatic hydroxyl groups is 1. The van der Waals surface area contributed by atoms with Crippen LogP contribution in [0, 0.1) is 5.92 Å². The molecule has 4 saturated heterocycles. The number of unbranched alkanes of at least 4 members (excludes halogenated alkanes) is 1. The maximum Gasteiger partial charge on any atom is 0.328 e. The fourth-order valence-electron chi connectivity index (χ4n) is 8.30. The van der Waals surface area contributed by atoms with Gasteiger partial charge in [0.05, 0.1) is 25.9 Å². The fraction of sp³-hybridized carbons (Fsp3) is 0.514. The summed E-state index contributed by atoms with van der Waals surface area (Å²) in [6.45, 7) is 8.42. The summed E-state index contributed by atoms with van der Waals surface area (Å²) >= 11 is 0. The second-order valence-corrected chi connectivity index (χ2v) is 13.7. The van der Waals surface area contributed by atoms with Gasteiger partial charge in [-0.15, -0.1) is 0 Å². The number of rotatable bonds is 11. The predicted octanol–water partition coefficient (Wildman–Crippen LogP) is 4.70. The number of likely N-dealkylation sites (tertiary alicyclic amines) is 1. The smallest absolute Gasteiger partial charge is 0.328 e. The Morgan fingerprint density at radius 1 is 1.00 bits per heavy atom. The number of nitrogens with zero attached hydrogens (tertiary/aromatic N) is 5. The summed E-state index contributed by atoms with van der Waals surface area (Å²) in [6.07, 6.45) is 2.69. The van der Waals surface area contributed by atoms with Gasteiger partial charge < -0.3 is 24.4 Å². The van der Waals surface area contributed by atoms with Gasteiger partial charge in [0.15, 0.2) is 11.5 Å². The third-order valence-corrected chi connectivity index (χ3v) is 10.6. The van der Waals surface area contributed by atoms with Gasteiger partial charge in [-0.05, 0) is 47.6 Å². The molecule has 3 aromatic rings. The van der Waals surface area contributed by atoms with Crippen molar-refractivity contribution >= 4 is 28.4 Å². The number of imide groups is 1. The molecule has 0 aliphatic carbocycles. The number of amides is 3. The zero-order valence-corrected chi connectivity index (χ0v) is 27.9. The summed E-state index contributed by atoms with van der Waals surface area (Å²) in [7, 11) is 4.10. The molecule has 0 radical (unpaired) electrons. The van der Waals surface area contributed by atoms with Gasteiger partial charge in [0.2, 0.25) is 0 Å². The predicted molar refractivity (Wildman–Crippen MR) is 182 cm³/mol. The van der Waals surface area contributed by atoms with Gasteiger partial charge in [-0.3, -0.25) is 19.5 Å². The van der Waals surface area contributed by atoms with E-state index in [0.29, 0.717) is 58.3 Å². The number of phenols is 1. The van der Waals surface area contributed by atoms with Gasteiger partial charge in [-0.25, -0.2) is 4.79 Å². The van der Waals surface area contributed by atoms with Crippen LogP contribution in [0.3, 0.4) is 0 Å². The molecule has 4 heterocycles. The highest BCUT2D eigenvalue weighted by Gasteiger charge is 2.70. The standard InChI is InChI=1S/C37H47N5O5/c1-4-5-18-47-34-13-10-26(21-33(34)43)23-40-24-27-22-32(30-11-12-31(38(2)3)29-9-7-6-8-28(29)30)42-36(45)41(35(44)37(27,42)25-40)15-14-39-16-19-46-20-17-39/h6-13,21,27,32,43H,4-5,14-20,22-25H2,1-3H3/t27-,32-,37?/m0/s1. The molecule has 1 unspecified atom stereocenters. The van der Waals surface area contributed by atoms with Crippen LogP contribution < -0.4 is 9.64 Å². The zero-order chi connectivity index (χ0) is 32.7. The van der Waals surface area contributed by atoms with E-state index in [0.717, 1.165) is 59.9 Å². The van der Waals surface area contributed by atoms with Gasteiger partial charge in [-0.2, -0.15) is 0 Å². The molecule has 4 aliphatic rings. The van der Waals surface area contributed by atoms with Crippen LogP contribution in [0.15, 0.2) is 54.6 Å². The van der Waals surface area contributed by atoms with Crippen LogP contribution in [0.4, 0.5) is 10.5 Å². The molecular formula is C37H47N5O5. The number of carbonyl (C=O) groups is 2. The lowest BCUT2D eigenvalue weighted by molar-refractivity contribution is -0.133. The number of carbonyl (C=O) groups excluding carboxylic acids is 2. The summed E-state index contributed by atoms with van der Waals surface area (Å²) < 4.78 is 11.3. The van der Waals surface area contributed by atoms with Crippen molar-refractivity contribution in [2.45, 2.75) is 44.3 Å². The average molecular weight is 642 g/mol. The molecule has 1 spiro atoms. The minimum Gasteiger partial charge on any atom is -0.504 e. The van der Waals surface area contributed by atoms with Gasteiger partial charge in [0, 0.05) is 76.9 Å². The Bertz CT molecular complexity index is 1640. The fourth-order valence-corrected chi connectivity index (χ4v) is 8.30. The Hall–Kier alpha value is -3.86. The number of hydrogen-bond acceptors (Lipinski definition) is 8. The third-order valence-electron chi connectivity index (χ3n) is 10.6. The van der Waals surface area contributed by atoms with Gasteiger partial charge in [0.25, 0.3) is 5.91 Å². The van der Waals surface area contributed by atoms with E-state index in [9.17, 15) is 14.7 Å².